The second-order valence-corrected chi connectivity index (χ2v) is 7.32. The standard InChI is InChI=1S/C16H24O4/c1-8-3-12-14(19-12)5-10(8)7-18-16(17)11-6-15-13(20-15)4-9(11)2/h8-15H,3-7H2,1-2H3/t8-,9-,10+,11+,12+,13+,14-,15-/m0/s1. The maximum atomic E-state index is 12.3. The van der Waals surface area contributed by atoms with E-state index >= 15 is 0 Å². The van der Waals surface area contributed by atoms with Crippen LogP contribution >= 0.6 is 0 Å². The summed E-state index contributed by atoms with van der Waals surface area (Å²) in [4.78, 5) is 12.3. The van der Waals surface area contributed by atoms with Crippen molar-refractivity contribution in [1.29, 1.82) is 0 Å². The Hall–Kier alpha value is -0.610. The van der Waals surface area contributed by atoms with Gasteiger partial charge in [0.15, 0.2) is 0 Å². The van der Waals surface area contributed by atoms with Crippen molar-refractivity contribution < 1.29 is 19.0 Å². The second-order valence-electron chi connectivity index (χ2n) is 7.32. The molecule has 4 rings (SSSR count). The number of carbonyl (C=O) groups is 1. The minimum Gasteiger partial charge on any atom is -0.465 e. The highest BCUT2D eigenvalue weighted by Gasteiger charge is 2.50. The van der Waals surface area contributed by atoms with Crippen LogP contribution in [0.2, 0.25) is 0 Å². The molecule has 2 aliphatic carbocycles. The van der Waals surface area contributed by atoms with E-state index in [-0.39, 0.29) is 11.9 Å². The third-order valence-corrected chi connectivity index (χ3v) is 5.84. The lowest BCUT2D eigenvalue weighted by Crippen LogP contribution is -2.33. The summed E-state index contributed by atoms with van der Waals surface area (Å²) in [7, 11) is 0. The van der Waals surface area contributed by atoms with Crippen LogP contribution in [0, 0.1) is 23.7 Å². The number of epoxide rings is 2. The van der Waals surface area contributed by atoms with Gasteiger partial charge in [-0.2, -0.15) is 0 Å². The summed E-state index contributed by atoms with van der Waals surface area (Å²) in [5.41, 5.74) is 0. The highest BCUT2D eigenvalue weighted by Crippen LogP contribution is 2.44. The van der Waals surface area contributed by atoms with Crippen molar-refractivity contribution >= 4 is 5.97 Å². The van der Waals surface area contributed by atoms with Crippen molar-refractivity contribution in [1.82, 2.24) is 0 Å². The fourth-order valence-electron chi connectivity index (χ4n) is 4.15. The zero-order valence-corrected chi connectivity index (χ0v) is 12.3. The lowest BCUT2D eigenvalue weighted by atomic mass is 9.80. The Labute approximate surface area is 120 Å². The summed E-state index contributed by atoms with van der Waals surface area (Å²) in [6, 6.07) is 0. The number of ether oxygens (including phenoxy) is 3. The van der Waals surface area contributed by atoms with Gasteiger partial charge >= 0.3 is 5.97 Å². The fourth-order valence-corrected chi connectivity index (χ4v) is 4.15. The third kappa shape index (κ3) is 2.37. The lowest BCUT2D eigenvalue weighted by molar-refractivity contribution is -0.153. The van der Waals surface area contributed by atoms with Crippen LogP contribution in [0.1, 0.15) is 39.5 Å². The van der Waals surface area contributed by atoms with Crippen LogP contribution in [0.25, 0.3) is 0 Å². The number of fused-ring (bicyclic) bond motifs is 2. The summed E-state index contributed by atoms with van der Waals surface area (Å²) in [5, 5.41) is 0. The minimum atomic E-state index is -0.00233. The molecule has 4 nitrogen and oxygen atoms in total. The SMILES string of the molecule is C[C@H]1C[C@H]2O[C@H]2C[C@@H]1COC(=O)[C@@H]1C[C@@H]2O[C@@H]2C[C@@H]1C. The molecule has 0 aromatic carbocycles. The summed E-state index contributed by atoms with van der Waals surface area (Å²) in [5.74, 6) is 1.52. The third-order valence-electron chi connectivity index (χ3n) is 5.84. The molecule has 4 aliphatic rings. The highest BCUT2D eigenvalue weighted by atomic mass is 16.6. The fraction of sp³-hybridized carbons (Fsp3) is 0.938. The van der Waals surface area contributed by atoms with Gasteiger partial charge in [-0.05, 0) is 43.4 Å². The second kappa shape index (κ2) is 4.70. The molecule has 4 heteroatoms. The highest BCUT2D eigenvalue weighted by molar-refractivity contribution is 5.73. The zero-order chi connectivity index (χ0) is 13.9. The minimum absolute atomic E-state index is 0.00233. The van der Waals surface area contributed by atoms with Gasteiger partial charge in [0.05, 0.1) is 36.9 Å². The molecule has 0 aromatic rings. The van der Waals surface area contributed by atoms with E-state index in [0.717, 1.165) is 25.7 Å². The predicted octanol–water partition coefficient (Wildman–Crippen LogP) is 2.16. The first-order chi connectivity index (χ1) is 9.61. The topological polar surface area (TPSA) is 51.4 Å². The summed E-state index contributed by atoms with van der Waals surface area (Å²) in [6.07, 6.45) is 5.77. The molecule has 0 N–H and O–H groups in total. The first-order valence-electron chi connectivity index (χ1n) is 8.09. The summed E-state index contributed by atoms with van der Waals surface area (Å²) < 4.78 is 16.8. The molecular weight excluding hydrogens is 256 g/mol. The van der Waals surface area contributed by atoms with E-state index < -0.39 is 0 Å². The molecule has 20 heavy (non-hydrogen) atoms. The molecule has 0 radical (unpaired) electrons. The Morgan fingerprint density at radius 3 is 2.30 bits per heavy atom. The van der Waals surface area contributed by atoms with Gasteiger partial charge in [0.25, 0.3) is 0 Å². The normalized spacial score (nSPS) is 52.7. The van der Waals surface area contributed by atoms with Gasteiger partial charge in [-0.15, -0.1) is 0 Å². The Morgan fingerprint density at radius 2 is 1.55 bits per heavy atom. The molecule has 4 fully saturated rings. The van der Waals surface area contributed by atoms with Crippen molar-refractivity contribution in [3.8, 4) is 0 Å². The van der Waals surface area contributed by atoms with Crippen LogP contribution in [0.15, 0.2) is 0 Å². The Bertz CT molecular complexity index is 409. The van der Waals surface area contributed by atoms with E-state index in [0.29, 0.717) is 48.8 Å². The molecule has 2 saturated heterocycles. The van der Waals surface area contributed by atoms with E-state index in [1.54, 1.807) is 0 Å². The average molecular weight is 280 g/mol. The smallest absolute Gasteiger partial charge is 0.309 e. The molecule has 112 valence electrons. The van der Waals surface area contributed by atoms with Gasteiger partial charge in [0, 0.05) is 0 Å². The maximum Gasteiger partial charge on any atom is 0.309 e. The molecule has 8 atom stereocenters. The average Bonchev–Trinajstić information content (AvgIpc) is 3.29. The predicted molar refractivity (Wildman–Crippen MR) is 72.1 cm³/mol. The molecule has 2 saturated carbocycles. The van der Waals surface area contributed by atoms with Gasteiger partial charge in [0.1, 0.15) is 0 Å². The summed E-state index contributed by atoms with van der Waals surface area (Å²) in [6.45, 7) is 4.97. The maximum absolute atomic E-state index is 12.3. The number of rotatable bonds is 3. The molecule has 0 amide bonds. The first kappa shape index (κ1) is 13.1. The van der Waals surface area contributed by atoms with E-state index in [1.165, 1.54) is 0 Å². The van der Waals surface area contributed by atoms with Gasteiger partial charge in [-0.3, -0.25) is 4.79 Å². The van der Waals surface area contributed by atoms with Crippen LogP contribution in [0.5, 0.6) is 0 Å². The van der Waals surface area contributed by atoms with Gasteiger partial charge < -0.3 is 14.2 Å². The first-order valence-corrected chi connectivity index (χ1v) is 8.09. The Kier molecular flexibility index (Phi) is 3.08. The van der Waals surface area contributed by atoms with Crippen molar-refractivity contribution in [3.05, 3.63) is 0 Å². The van der Waals surface area contributed by atoms with Crippen LogP contribution in [0.3, 0.4) is 0 Å². The van der Waals surface area contributed by atoms with Gasteiger partial charge in [-0.1, -0.05) is 13.8 Å². The molecule has 0 bridgehead atoms. The van der Waals surface area contributed by atoms with Crippen LogP contribution in [-0.4, -0.2) is 37.0 Å². The van der Waals surface area contributed by atoms with Crippen LogP contribution < -0.4 is 0 Å². The number of esters is 1. The number of carbonyl (C=O) groups excluding carboxylic acids is 1. The lowest BCUT2D eigenvalue weighted by Gasteiger charge is -2.28. The molecular formula is C16H24O4. The zero-order valence-electron chi connectivity index (χ0n) is 12.3. The summed E-state index contributed by atoms with van der Waals surface area (Å²) >= 11 is 0. The van der Waals surface area contributed by atoms with E-state index in [2.05, 4.69) is 13.8 Å². The van der Waals surface area contributed by atoms with Crippen LogP contribution in [0.4, 0.5) is 0 Å². The monoisotopic (exact) mass is 280 g/mol. The van der Waals surface area contributed by atoms with Gasteiger partial charge in [0.2, 0.25) is 0 Å². The van der Waals surface area contributed by atoms with Crippen molar-refractivity contribution in [2.24, 2.45) is 23.7 Å². The molecule has 2 aliphatic heterocycles. The Balaban J connectivity index is 1.29. The number of hydrogen-bond acceptors (Lipinski definition) is 4. The molecule has 0 unspecified atom stereocenters. The number of hydrogen-bond donors (Lipinski definition) is 0. The Morgan fingerprint density at radius 1 is 0.950 bits per heavy atom. The van der Waals surface area contributed by atoms with E-state index in [9.17, 15) is 4.79 Å². The quantitative estimate of drug-likeness (QED) is 0.587. The van der Waals surface area contributed by atoms with E-state index in [1.807, 2.05) is 0 Å². The van der Waals surface area contributed by atoms with Crippen molar-refractivity contribution in [3.63, 3.8) is 0 Å². The van der Waals surface area contributed by atoms with Crippen molar-refractivity contribution in [2.45, 2.75) is 63.9 Å². The van der Waals surface area contributed by atoms with Crippen LogP contribution in [-0.2, 0) is 19.0 Å². The largest absolute Gasteiger partial charge is 0.465 e. The molecule has 0 aromatic heterocycles. The van der Waals surface area contributed by atoms with Gasteiger partial charge in [-0.25, -0.2) is 0 Å². The molecule has 0 spiro atoms. The van der Waals surface area contributed by atoms with Crippen molar-refractivity contribution in [2.75, 3.05) is 6.61 Å². The molecule has 2 heterocycles. The van der Waals surface area contributed by atoms with E-state index in [4.69, 9.17) is 14.2 Å².